The Balaban J connectivity index is 1.68. The number of H-pyrrole nitrogens is 1. The Morgan fingerprint density at radius 1 is 0.721 bits per heavy atom. The summed E-state index contributed by atoms with van der Waals surface area (Å²) in [6.45, 7) is 12.4. The van der Waals surface area contributed by atoms with Crippen LogP contribution < -0.4 is 31.7 Å². The van der Waals surface area contributed by atoms with Crippen molar-refractivity contribution in [3.63, 3.8) is 0 Å². The number of methoxy groups -OCH3 is 1. The number of rotatable bonds is 18. The number of primary amides is 1. The Morgan fingerprint density at radius 3 is 2.03 bits per heavy atom. The minimum atomic E-state index is -1.43. The second-order valence-corrected chi connectivity index (χ2v) is 16.5. The van der Waals surface area contributed by atoms with Crippen LogP contribution in [0.2, 0.25) is 0 Å². The van der Waals surface area contributed by atoms with Gasteiger partial charge in [0.25, 0.3) is 0 Å². The predicted molar refractivity (Wildman–Crippen MR) is 229 cm³/mol. The first-order valence-electron chi connectivity index (χ1n) is 20.1. The van der Waals surface area contributed by atoms with Crippen LogP contribution in [0.5, 0.6) is 5.75 Å². The van der Waals surface area contributed by atoms with Gasteiger partial charge < -0.3 is 50.9 Å². The molecular formula is C45H58N6O10. The number of hydrogen-bond donors (Lipinski definition) is 6. The summed E-state index contributed by atoms with van der Waals surface area (Å²) in [5.74, 6) is -2.36. The summed E-state index contributed by atoms with van der Waals surface area (Å²) in [5, 5.41) is 11.5. The zero-order chi connectivity index (χ0) is 44.9. The van der Waals surface area contributed by atoms with E-state index in [1.807, 2.05) is 37.3 Å². The van der Waals surface area contributed by atoms with Crippen LogP contribution in [-0.4, -0.2) is 83.8 Å². The second-order valence-electron chi connectivity index (χ2n) is 16.5. The molecule has 61 heavy (non-hydrogen) atoms. The summed E-state index contributed by atoms with van der Waals surface area (Å²) in [6.07, 6.45) is 0.403. The lowest BCUT2D eigenvalue weighted by Crippen LogP contribution is -2.54. The van der Waals surface area contributed by atoms with Crippen LogP contribution in [0.15, 0.2) is 72.9 Å². The molecule has 0 aliphatic carbocycles. The number of nitrogens with two attached hydrogens (primary N) is 1. The predicted octanol–water partition coefficient (Wildman–Crippen LogP) is 5.34. The summed E-state index contributed by atoms with van der Waals surface area (Å²) in [6, 6.07) is 16.2. The van der Waals surface area contributed by atoms with Crippen molar-refractivity contribution in [1.82, 2.24) is 26.3 Å². The first kappa shape index (κ1) is 47.1. The van der Waals surface area contributed by atoms with E-state index in [4.69, 9.17) is 24.7 Å². The van der Waals surface area contributed by atoms with Crippen LogP contribution >= 0.6 is 0 Å². The van der Waals surface area contributed by atoms with Crippen molar-refractivity contribution in [2.24, 2.45) is 5.73 Å². The number of esters is 1. The van der Waals surface area contributed by atoms with Gasteiger partial charge in [0, 0.05) is 42.1 Å². The maximum Gasteiger partial charge on any atom is 0.408 e. The lowest BCUT2D eigenvalue weighted by Gasteiger charge is -2.26. The van der Waals surface area contributed by atoms with E-state index in [0.717, 1.165) is 22.1 Å². The zero-order valence-corrected chi connectivity index (χ0v) is 36.1. The van der Waals surface area contributed by atoms with Crippen molar-refractivity contribution >= 4 is 46.8 Å². The summed E-state index contributed by atoms with van der Waals surface area (Å²) in [5.41, 5.74) is 7.87. The van der Waals surface area contributed by atoms with Crippen molar-refractivity contribution < 1.29 is 47.7 Å². The van der Waals surface area contributed by atoms with E-state index < -0.39 is 65.7 Å². The molecule has 0 radical (unpaired) electrons. The molecule has 0 spiro atoms. The van der Waals surface area contributed by atoms with Gasteiger partial charge in [0.2, 0.25) is 17.7 Å². The average molecular weight is 843 g/mol. The molecule has 3 atom stereocenters. The fraction of sp³-hybridized carbons (Fsp3) is 0.422. The SMILES string of the molecule is CCCNC(=O)C(Cc1c[nH]c2c(-c3cc(CC(NC(=O)OCc4ccccc4)C(=O)NC(CC(N)=O)C(=O)OC(C)(C)C)ccc3OC)cccc12)NC(=O)OC(C)(C)C. The van der Waals surface area contributed by atoms with Gasteiger partial charge in [-0.15, -0.1) is 0 Å². The molecule has 16 nitrogen and oxygen atoms in total. The fourth-order valence-electron chi connectivity index (χ4n) is 6.34. The van der Waals surface area contributed by atoms with Gasteiger partial charge in [-0.1, -0.05) is 61.5 Å². The summed E-state index contributed by atoms with van der Waals surface area (Å²) in [4.78, 5) is 81.6. The van der Waals surface area contributed by atoms with Gasteiger partial charge in [-0.05, 0) is 76.8 Å². The third-order valence-electron chi connectivity index (χ3n) is 9.01. The number of carbonyl (C=O) groups is 6. The summed E-state index contributed by atoms with van der Waals surface area (Å²) < 4.78 is 22.1. The van der Waals surface area contributed by atoms with Gasteiger partial charge >= 0.3 is 18.2 Å². The molecule has 0 saturated heterocycles. The molecule has 0 bridgehead atoms. The zero-order valence-electron chi connectivity index (χ0n) is 36.1. The van der Waals surface area contributed by atoms with Gasteiger partial charge in [0.15, 0.2) is 0 Å². The fourth-order valence-corrected chi connectivity index (χ4v) is 6.34. The first-order chi connectivity index (χ1) is 28.8. The standard InChI is InChI=1S/C45H58N6O10/c1-9-20-47-39(53)34(51-43(57)61-45(5,6)7)23-29-25-48-38-30(29)16-13-17-31(38)32-21-28(18-19-36(32)58-8)22-33(50-42(56)59-26-27-14-11-10-12-15-27)40(54)49-35(24-37(46)52)41(55)60-44(2,3)4/h10-19,21,25,33-35,48H,9,20,22-24,26H2,1-8H3,(H2,46,52)(H,47,53)(H,49,54)(H,50,56)(H,51,57). The van der Waals surface area contributed by atoms with E-state index in [0.29, 0.717) is 35.4 Å². The van der Waals surface area contributed by atoms with Gasteiger partial charge in [0.05, 0.1) is 19.0 Å². The van der Waals surface area contributed by atoms with Crippen LogP contribution in [0.25, 0.3) is 22.0 Å². The molecule has 4 rings (SSSR count). The van der Waals surface area contributed by atoms with Crippen molar-refractivity contribution in [1.29, 1.82) is 0 Å². The summed E-state index contributed by atoms with van der Waals surface area (Å²) in [7, 11) is 1.52. The lowest BCUT2D eigenvalue weighted by atomic mass is 9.95. The van der Waals surface area contributed by atoms with Crippen molar-refractivity contribution in [2.75, 3.05) is 13.7 Å². The number of nitrogens with one attached hydrogen (secondary N) is 5. The Morgan fingerprint density at radius 2 is 1.39 bits per heavy atom. The Hall–Kier alpha value is -6.58. The third-order valence-corrected chi connectivity index (χ3v) is 9.01. The average Bonchev–Trinajstić information content (AvgIpc) is 3.60. The molecule has 1 aromatic heterocycles. The van der Waals surface area contributed by atoms with Crippen LogP contribution in [-0.2, 0) is 52.8 Å². The van der Waals surface area contributed by atoms with Gasteiger partial charge in [0.1, 0.15) is 41.7 Å². The number of aromatic nitrogens is 1. The second kappa shape index (κ2) is 21.1. The number of carbonyl (C=O) groups excluding carboxylic acids is 6. The minimum absolute atomic E-state index is 0.0702. The molecular weight excluding hydrogens is 785 g/mol. The number of amides is 5. The van der Waals surface area contributed by atoms with Crippen molar-refractivity contribution in [3.8, 4) is 16.9 Å². The van der Waals surface area contributed by atoms with E-state index in [-0.39, 0.29) is 25.4 Å². The first-order valence-corrected chi connectivity index (χ1v) is 20.1. The van der Waals surface area contributed by atoms with E-state index in [1.165, 1.54) is 7.11 Å². The smallest absolute Gasteiger partial charge is 0.408 e. The maximum atomic E-state index is 14.0. The van der Waals surface area contributed by atoms with E-state index in [1.54, 1.807) is 84.1 Å². The Labute approximate surface area is 356 Å². The number of ether oxygens (including phenoxy) is 4. The number of benzene rings is 3. The topological polar surface area (TPSA) is 229 Å². The quantitative estimate of drug-likeness (QED) is 0.0556. The number of para-hydroxylation sites is 1. The highest BCUT2D eigenvalue weighted by atomic mass is 16.6. The molecule has 3 unspecified atom stereocenters. The highest BCUT2D eigenvalue weighted by Crippen LogP contribution is 2.37. The normalized spacial score (nSPS) is 12.9. The molecule has 1 heterocycles. The van der Waals surface area contributed by atoms with Gasteiger partial charge in [-0.3, -0.25) is 14.4 Å². The largest absolute Gasteiger partial charge is 0.496 e. The van der Waals surface area contributed by atoms with Crippen molar-refractivity contribution in [2.45, 2.75) is 110 Å². The van der Waals surface area contributed by atoms with Crippen molar-refractivity contribution in [3.05, 3.63) is 89.6 Å². The molecule has 328 valence electrons. The number of aromatic amines is 1. The van der Waals surface area contributed by atoms with E-state index >= 15 is 0 Å². The molecule has 0 aliphatic rings. The molecule has 16 heteroatoms. The molecule has 4 aromatic rings. The van der Waals surface area contributed by atoms with E-state index in [9.17, 15) is 28.8 Å². The Kier molecular flexibility index (Phi) is 16.3. The molecule has 5 amide bonds. The molecule has 0 saturated carbocycles. The number of hydrogen-bond acceptors (Lipinski definition) is 10. The van der Waals surface area contributed by atoms with E-state index in [2.05, 4.69) is 26.3 Å². The third kappa shape index (κ3) is 14.6. The number of fused-ring (bicyclic) bond motifs is 1. The highest BCUT2D eigenvalue weighted by Gasteiger charge is 2.32. The highest BCUT2D eigenvalue weighted by molar-refractivity contribution is 5.98. The summed E-state index contributed by atoms with van der Waals surface area (Å²) >= 11 is 0. The van der Waals surface area contributed by atoms with Crippen LogP contribution in [0.1, 0.15) is 78.0 Å². The van der Waals surface area contributed by atoms with Gasteiger partial charge in [-0.2, -0.15) is 0 Å². The minimum Gasteiger partial charge on any atom is -0.496 e. The maximum absolute atomic E-state index is 14.0. The van der Waals surface area contributed by atoms with Gasteiger partial charge in [-0.25, -0.2) is 14.4 Å². The molecule has 7 N–H and O–H groups in total. The monoisotopic (exact) mass is 842 g/mol. The molecule has 3 aromatic carbocycles. The molecule has 0 aliphatic heterocycles. The van der Waals surface area contributed by atoms with Crippen LogP contribution in [0.4, 0.5) is 9.59 Å². The Bertz CT molecular complexity index is 2170. The van der Waals surface area contributed by atoms with Crippen LogP contribution in [0.3, 0.4) is 0 Å². The molecule has 0 fully saturated rings. The van der Waals surface area contributed by atoms with Crippen LogP contribution in [0, 0.1) is 0 Å². The number of alkyl carbamates (subject to hydrolysis) is 2. The lowest BCUT2D eigenvalue weighted by molar-refractivity contribution is -0.159.